The smallest absolute Gasteiger partial charge is 0.219 e. The SMILES string of the molecule is CC(=O)N1CCC(CCNS(C)(=O)=O)CC1. The second-order valence-corrected chi connectivity index (χ2v) is 6.24. The van der Waals surface area contributed by atoms with Gasteiger partial charge < -0.3 is 4.90 Å². The van der Waals surface area contributed by atoms with E-state index in [1.165, 1.54) is 6.26 Å². The molecule has 6 heteroatoms. The van der Waals surface area contributed by atoms with Crippen LogP contribution >= 0.6 is 0 Å². The fourth-order valence-corrected chi connectivity index (χ4v) is 2.47. The summed E-state index contributed by atoms with van der Waals surface area (Å²) in [6.45, 7) is 3.70. The van der Waals surface area contributed by atoms with Gasteiger partial charge in [0.2, 0.25) is 15.9 Å². The van der Waals surface area contributed by atoms with Crippen LogP contribution in [-0.4, -0.2) is 45.1 Å². The maximum absolute atomic E-state index is 11.1. The quantitative estimate of drug-likeness (QED) is 0.772. The number of rotatable bonds is 4. The van der Waals surface area contributed by atoms with Gasteiger partial charge in [0.1, 0.15) is 0 Å². The van der Waals surface area contributed by atoms with Crippen LogP contribution in [0, 0.1) is 5.92 Å². The average molecular weight is 248 g/mol. The zero-order chi connectivity index (χ0) is 12.2. The third-order valence-electron chi connectivity index (χ3n) is 2.98. The molecule has 0 spiro atoms. The van der Waals surface area contributed by atoms with Crippen molar-refractivity contribution in [2.45, 2.75) is 26.2 Å². The van der Waals surface area contributed by atoms with Crippen LogP contribution in [-0.2, 0) is 14.8 Å². The van der Waals surface area contributed by atoms with E-state index in [4.69, 9.17) is 0 Å². The number of hydrogen-bond acceptors (Lipinski definition) is 3. The summed E-state index contributed by atoms with van der Waals surface area (Å²) < 4.78 is 24.2. The van der Waals surface area contributed by atoms with Crippen molar-refractivity contribution in [3.8, 4) is 0 Å². The summed E-state index contributed by atoms with van der Waals surface area (Å²) in [6.07, 6.45) is 3.99. The lowest BCUT2D eigenvalue weighted by Crippen LogP contribution is -2.37. The monoisotopic (exact) mass is 248 g/mol. The van der Waals surface area contributed by atoms with Crippen LogP contribution in [0.4, 0.5) is 0 Å². The molecule has 0 aromatic heterocycles. The molecule has 0 aliphatic carbocycles. The number of likely N-dealkylation sites (tertiary alicyclic amines) is 1. The zero-order valence-electron chi connectivity index (χ0n) is 9.90. The lowest BCUT2D eigenvalue weighted by molar-refractivity contribution is -0.130. The van der Waals surface area contributed by atoms with E-state index in [1.807, 2.05) is 4.90 Å². The summed E-state index contributed by atoms with van der Waals surface area (Å²) in [7, 11) is -3.06. The highest BCUT2D eigenvalue weighted by atomic mass is 32.2. The molecule has 5 nitrogen and oxygen atoms in total. The molecule has 1 aliphatic rings. The third-order valence-corrected chi connectivity index (χ3v) is 3.71. The van der Waals surface area contributed by atoms with Crippen LogP contribution in [0.25, 0.3) is 0 Å². The Labute approximate surface area is 97.2 Å². The van der Waals surface area contributed by atoms with Gasteiger partial charge >= 0.3 is 0 Å². The van der Waals surface area contributed by atoms with Gasteiger partial charge in [-0.05, 0) is 25.2 Å². The van der Waals surface area contributed by atoms with Crippen molar-refractivity contribution < 1.29 is 13.2 Å². The van der Waals surface area contributed by atoms with Crippen molar-refractivity contribution in [3.63, 3.8) is 0 Å². The van der Waals surface area contributed by atoms with E-state index in [2.05, 4.69) is 4.72 Å². The molecule has 0 unspecified atom stereocenters. The summed E-state index contributed by atoms with van der Waals surface area (Å²) in [5.41, 5.74) is 0. The summed E-state index contributed by atoms with van der Waals surface area (Å²) in [5.74, 6) is 0.664. The van der Waals surface area contributed by atoms with E-state index >= 15 is 0 Å². The molecular formula is C10H20N2O3S. The van der Waals surface area contributed by atoms with E-state index in [9.17, 15) is 13.2 Å². The highest BCUT2D eigenvalue weighted by molar-refractivity contribution is 7.88. The number of sulfonamides is 1. The fraction of sp³-hybridized carbons (Fsp3) is 0.900. The minimum Gasteiger partial charge on any atom is -0.343 e. The van der Waals surface area contributed by atoms with Gasteiger partial charge in [-0.25, -0.2) is 13.1 Å². The number of carbonyl (C=O) groups is 1. The molecule has 0 aromatic carbocycles. The van der Waals surface area contributed by atoms with Crippen LogP contribution in [0.5, 0.6) is 0 Å². The normalized spacial score (nSPS) is 18.8. The summed E-state index contributed by atoms with van der Waals surface area (Å²) >= 11 is 0. The first-order valence-corrected chi connectivity index (χ1v) is 7.48. The first-order valence-electron chi connectivity index (χ1n) is 5.58. The van der Waals surface area contributed by atoms with Crippen LogP contribution in [0.3, 0.4) is 0 Å². The van der Waals surface area contributed by atoms with Crippen molar-refractivity contribution in [2.24, 2.45) is 5.92 Å². The Morgan fingerprint density at radius 2 is 1.94 bits per heavy atom. The summed E-state index contributed by atoms with van der Waals surface area (Å²) in [5, 5.41) is 0. The maximum Gasteiger partial charge on any atom is 0.219 e. The van der Waals surface area contributed by atoms with Crippen LogP contribution < -0.4 is 4.72 Å². The molecule has 1 rings (SSSR count). The minimum atomic E-state index is -3.06. The lowest BCUT2D eigenvalue weighted by atomic mass is 9.94. The van der Waals surface area contributed by atoms with Gasteiger partial charge in [-0.3, -0.25) is 4.79 Å². The van der Waals surface area contributed by atoms with Gasteiger partial charge in [0.05, 0.1) is 6.26 Å². The van der Waals surface area contributed by atoms with Crippen LogP contribution in [0.2, 0.25) is 0 Å². The molecule has 0 saturated carbocycles. The molecule has 1 aliphatic heterocycles. The lowest BCUT2D eigenvalue weighted by Gasteiger charge is -2.31. The number of carbonyl (C=O) groups excluding carboxylic acids is 1. The molecule has 94 valence electrons. The van der Waals surface area contributed by atoms with Crippen molar-refractivity contribution in [2.75, 3.05) is 25.9 Å². The molecule has 0 radical (unpaired) electrons. The predicted molar refractivity (Wildman–Crippen MR) is 62.4 cm³/mol. The molecule has 1 N–H and O–H groups in total. The minimum absolute atomic E-state index is 0.132. The second-order valence-electron chi connectivity index (χ2n) is 4.40. The van der Waals surface area contributed by atoms with Gasteiger partial charge in [-0.15, -0.1) is 0 Å². The van der Waals surface area contributed by atoms with Gasteiger partial charge in [-0.2, -0.15) is 0 Å². The number of amides is 1. The van der Waals surface area contributed by atoms with Gasteiger partial charge in [0, 0.05) is 26.6 Å². The molecule has 16 heavy (non-hydrogen) atoms. The van der Waals surface area contributed by atoms with Crippen LogP contribution in [0.1, 0.15) is 26.2 Å². The Balaban J connectivity index is 2.20. The number of nitrogens with one attached hydrogen (secondary N) is 1. The van der Waals surface area contributed by atoms with Crippen molar-refractivity contribution in [1.82, 2.24) is 9.62 Å². The highest BCUT2D eigenvalue weighted by Gasteiger charge is 2.20. The van der Waals surface area contributed by atoms with E-state index in [0.717, 1.165) is 32.4 Å². The number of hydrogen-bond donors (Lipinski definition) is 1. The Kier molecular flexibility index (Phi) is 4.73. The van der Waals surface area contributed by atoms with Gasteiger partial charge in [-0.1, -0.05) is 0 Å². The van der Waals surface area contributed by atoms with Crippen molar-refractivity contribution in [1.29, 1.82) is 0 Å². The van der Waals surface area contributed by atoms with Crippen molar-refractivity contribution in [3.05, 3.63) is 0 Å². The molecule has 1 fully saturated rings. The standard InChI is InChI=1S/C10H20N2O3S/c1-9(13)12-7-4-10(5-8-12)3-6-11-16(2,14)15/h10-11H,3-8H2,1-2H3. The Morgan fingerprint density at radius 1 is 1.38 bits per heavy atom. The van der Waals surface area contributed by atoms with E-state index in [-0.39, 0.29) is 5.91 Å². The fourth-order valence-electron chi connectivity index (χ4n) is 1.98. The number of nitrogens with zero attached hydrogens (tertiary/aromatic N) is 1. The van der Waals surface area contributed by atoms with Gasteiger partial charge in [0.15, 0.2) is 0 Å². The Bertz CT molecular complexity index is 332. The Morgan fingerprint density at radius 3 is 2.38 bits per heavy atom. The summed E-state index contributed by atoms with van der Waals surface area (Å²) in [6, 6.07) is 0. The zero-order valence-corrected chi connectivity index (χ0v) is 10.7. The third kappa shape index (κ3) is 4.94. The highest BCUT2D eigenvalue weighted by Crippen LogP contribution is 2.19. The topological polar surface area (TPSA) is 66.5 Å². The van der Waals surface area contributed by atoms with E-state index < -0.39 is 10.0 Å². The second kappa shape index (κ2) is 5.63. The molecule has 0 bridgehead atoms. The molecule has 0 atom stereocenters. The van der Waals surface area contributed by atoms with Crippen molar-refractivity contribution >= 4 is 15.9 Å². The first-order chi connectivity index (χ1) is 7.38. The van der Waals surface area contributed by atoms with Crippen LogP contribution in [0.15, 0.2) is 0 Å². The number of piperidine rings is 1. The summed E-state index contributed by atoms with van der Waals surface area (Å²) in [4.78, 5) is 12.9. The molecule has 1 heterocycles. The predicted octanol–water partition coefficient (Wildman–Crippen LogP) is 0.184. The molecular weight excluding hydrogens is 228 g/mol. The average Bonchev–Trinajstić information content (AvgIpc) is 2.16. The Hall–Kier alpha value is -0.620. The van der Waals surface area contributed by atoms with E-state index in [0.29, 0.717) is 12.5 Å². The first kappa shape index (κ1) is 13.4. The maximum atomic E-state index is 11.1. The molecule has 0 aromatic rings. The van der Waals surface area contributed by atoms with E-state index in [1.54, 1.807) is 6.92 Å². The molecule has 1 saturated heterocycles. The molecule has 1 amide bonds. The van der Waals surface area contributed by atoms with Gasteiger partial charge in [0.25, 0.3) is 0 Å². The largest absolute Gasteiger partial charge is 0.343 e.